The van der Waals surface area contributed by atoms with E-state index in [0.29, 0.717) is 34.2 Å². The van der Waals surface area contributed by atoms with Gasteiger partial charge in [-0.05, 0) is 55.7 Å². The summed E-state index contributed by atoms with van der Waals surface area (Å²) in [6.07, 6.45) is 3.77. The molecule has 1 fully saturated rings. The number of hydrogen-bond donors (Lipinski definition) is 1. The van der Waals surface area contributed by atoms with Crippen LogP contribution in [-0.4, -0.2) is 31.3 Å². The lowest BCUT2D eigenvalue weighted by Crippen LogP contribution is -2.29. The molecule has 0 bridgehead atoms. The lowest BCUT2D eigenvalue weighted by molar-refractivity contribution is 0.0956. The van der Waals surface area contributed by atoms with Crippen LogP contribution in [0, 0.1) is 5.82 Å². The first-order valence-corrected chi connectivity index (χ1v) is 10.8. The van der Waals surface area contributed by atoms with Crippen molar-refractivity contribution in [1.82, 2.24) is 5.32 Å². The van der Waals surface area contributed by atoms with Crippen molar-refractivity contribution in [2.75, 3.05) is 30.3 Å². The molecule has 0 unspecified atom stereocenters. The molecule has 1 saturated heterocycles. The van der Waals surface area contributed by atoms with E-state index < -0.39 is 0 Å². The van der Waals surface area contributed by atoms with E-state index >= 15 is 0 Å². The Balaban J connectivity index is 1.41. The highest BCUT2D eigenvalue weighted by molar-refractivity contribution is 7.98. The lowest BCUT2D eigenvalue weighted by atomic mass is 10.1. The number of carbonyl (C=O) groups excluding carboxylic acids is 1. The summed E-state index contributed by atoms with van der Waals surface area (Å²) in [4.78, 5) is 14.6. The van der Waals surface area contributed by atoms with Crippen molar-refractivity contribution in [2.45, 2.75) is 25.0 Å². The summed E-state index contributed by atoms with van der Waals surface area (Å²) in [7, 11) is 0. The van der Waals surface area contributed by atoms with E-state index in [0.717, 1.165) is 13.1 Å². The number of halogens is 2. The monoisotopic (exact) mass is 406 g/mol. The number of nitrogens with one attached hydrogen (secondary N) is 1. The molecule has 1 N–H and O–H groups in total. The number of piperidine rings is 1. The Labute approximate surface area is 169 Å². The molecule has 1 heterocycles. The summed E-state index contributed by atoms with van der Waals surface area (Å²) >= 11 is 7.56. The van der Waals surface area contributed by atoms with E-state index in [-0.39, 0.29) is 11.7 Å². The second-order valence-corrected chi connectivity index (χ2v) is 8.12. The Bertz CT molecular complexity index is 743. The largest absolute Gasteiger partial charge is 0.372 e. The summed E-state index contributed by atoms with van der Waals surface area (Å²) in [5.74, 6) is 0.825. The minimum Gasteiger partial charge on any atom is -0.372 e. The number of amides is 1. The van der Waals surface area contributed by atoms with Gasteiger partial charge in [0.1, 0.15) is 5.82 Å². The van der Waals surface area contributed by atoms with Crippen LogP contribution in [-0.2, 0) is 5.75 Å². The van der Waals surface area contributed by atoms with E-state index in [2.05, 4.69) is 10.2 Å². The molecule has 6 heteroatoms. The average molecular weight is 407 g/mol. The highest BCUT2D eigenvalue weighted by atomic mass is 35.5. The zero-order chi connectivity index (χ0) is 19.1. The number of nitrogens with zero attached hydrogens (tertiary/aromatic N) is 1. The van der Waals surface area contributed by atoms with Crippen molar-refractivity contribution in [3.8, 4) is 0 Å². The van der Waals surface area contributed by atoms with Gasteiger partial charge in [-0.1, -0.05) is 17.7 Å². The number of benzene rings is 2. The Morgan fingerprint density at radius 1 is 1.11 bits per heavy atom. The molecule has 144 valence electrons. The molecule has 2 aromatic carbocycles. The fraction of sp³-hybridized carbons (Fsp3) is 0.381. The van der Waals surface area contributed by atoms with Gasteiger partial charge in [-0.25, -0.2) is 4.39 Å². The maximum atomic E-state index is 13.7. The van der Waals surface area contributed by atoms with Crippen LogP contribution in [0.15, 0.2) is 42.5 Å². The van der Waals surface area contributed by atoms with Gasteiger partial charge in [0.05, 0.1) is 0 Å². The van der Waals surface area contributed by atoms with Gasteiger partial charge in [0, 0.05) is 53.0 Å². The van der Waals surface area contributed by atoms with E-state index in [1.165, 1.54) is 31.0 Å². The second-order valence-electron chi connectivity index (χ2n) is 6.60. The number of carbonyl (C=O) groups is 1. The first-order chi connectivity index (χ1) is 13.1. The minimum atomic E-state index is -0.284. The molecule has 0 spiro atoms. The zero-order valence-electron chi connectivity index (χ0n) is 15.2. The molecular formula is C21H24ClFN2OS. The van der Waals surface area contributed by atoms with Gasteiger partial charge < -0.3 is 10.2 Å². The average Bonchev–Trinajstić information content (AvgIpc) is 2.70. The fourth-order valence-electron chi connectivity index (χ4n) is 3.16. The summed E-state index contributed by atoms with van der Waals surface area (Å²) in [5, 5.41) is 3.36. The number of hydrogen-bond acceptors (Lipinski definition) is 3. The van der Waals surface area contributed by atoms with E-state index in [1.807, 2.05) is 24.3 Å². The summed E-state index contributed by atoms with van der Waals surface area (Å²) in [6.45, 7) is 2.72. The third-order valence-corrected chi connectivity index (χ3v) is 6.03. The van der Waals surface area contributed by atoms with E-state index in [1.54, 1.807) is 23.9 Å². The molecule has 0 radical (unpaired) electrons. The molecule has 1 amide bonds. The molecular weight excluding hydrogens is 383 g/mol. The van der Waals surface area contributed by atoms with Gasteiger partial charge in [-0.3, -0.25) is 4.79 Å². The molecule has 2 aromatic rings. The van der Waals surface area contributed by atoms with Crippen LogP contribution in [0.4, 0.5) is 10.1 Å². The molecule has 1 aliphatic rings. The second kappa shape index (κ2) is 10.00. The molecule has 3 nitrogen and oxygen atoms in total. The third kappa shape index (κ3) is 5.63. The topological polar surface area (TPSA) is 32.3 Å². The predicted octanol–water partition coefficient (Wildman–Crippen LogP) is 5.13. The van der Waals surface area contributed by atoms with Crippen molar-refractivity contribution in [3.63, 3.8) is 0 Å². The van der Waals surface area contributed by atoms with Gasteiger partial charge in [0.25, 0.3) is 5.91 Å². The minimum absolute atomic E-state index is 0.0790. The van der Waals surface area contributed by atoms with Gasteiger partial charge in [-0.2, -0.15) is 11.8 Å². The van der Waals surface area contributed by atoms with E-state index in [9.17, 15) is 9.18 Å². The van der Waals surface area contributed by atoms with Crippen LogP contribution in [0.3, 0.4) is 0 Å². The maximum Gasteiger partial charge on any atom is 0.251 e. The first-order valence-electron chi connectivity index (χ1n) is 9.29. The van der Waals surface area contributed by atoms with Crippen LogP contribution in [0.1, 0.15) is 35.2 Å². The molecule has 0 aliphatic carbocycles. The van der Waals surface area contributed by atoms with Gasteiger partial charge in [-0.15, -0.1) is 0 Å². The number of rotatable bonds is 7. The zero-order valence-corrected chi connectivity index (χ0v) is 16.8. The quantitative estimate of drug-likeness (QED) is 0.646. The van der Waals surface area contributed by atoms with Crippen molar-refractivity contribution in [3.05, 3.63) is 64.4 Å². The standard InChI is InChI=1S/C21H24ClFN2OS/c22-19-5-4-6-20(23)18(19)15-27-14-11-24-21(26)16-7-9-17(10-8-16)25-12-2-1-3-13-25/h4-10H,1-3,11-15H2,(H,24,26). The highest BCUT2D eigenvalue weighted by Crippen LogP contribution is 2.24. The molecule has 0 atom stereocenters. The lowest BCUT2D eigenvalue weighted by Gasteiger charge is -2.28. The first kappa shape index (κ1) is 20.0. The Kier molecular flexibility index (Phi) is 7.41. The van der Waals surface area contributed by atoms with Gasteiger partial charge in [0.15, 0.2) is 0 Å². The normalized spacial score (nSPS) is 14.2. The van der Waals surface area contributed by atoms with Crippen molar-refractivity contribution in [2.24, 2.45) is 0 Å². The number of thioether (sulfide) groups is 1. The van der Waals surface area contributed by atoms with E-state index in [4.69, 9.17) is 11.6 Å². The Morgan fingerprint density at radius 2 is 1.85 bits per heavy atom. The maximum absolute atomic E-state index is 13.7. The van der Waals surface area contributed by atoms with Crippen molar-refractivity contribution < 1.29 is 9.18 Å². The van der Waals surface area contributed by atoms with Crippen molar-refractivity contribution >= 4 is 35.0 Å². The molecule has 27 heavy (non-hydrogen) atoms. The smallest absolute Gasteiger partial charge is 0.251 e. The van der Waals surface area contributed by atoms with Crippen LogP contribution >= 0.6 is 23.4 Å². The molecule has 0 aromatic heterocycles. The van der Waals surface area contributed by atoms with Gasteiger partial charge >= 0.3 is 0 Å². The van der Waals surface area contributed by atoms with Crippen LogP contribution in [0.25, 0.3) is 0 Å². The molecule has 1 aliphatic heterocycles. The SMILES string of the molecule is O=C(NCCSCc1c(F)cccc1Cl)c1ccc(N2CCCCC2)cc1. The van der Waals surface area contributed by atoms with Gasteiger partial charge in [0.2, 0.25) is 0 Å². The summed E-state index contributed by atoms with van der Waals surface area (Å²) < 4.78 is 13.7. The number of anilines is 1. The Morgan fingerprint density at radius 3 is 2.56 bits per heavy atom. The third-order valence-electron chi connectivity index (χ3n) is 4.69. The summed E-state index contributed by atoms with van der Waals surface area (Å²) in [5.41, 5.74) is 2.37. The van der Waals surface area contributed by atoms with Crippen LogP contribution in [0.5, 0.6) is 0 Å². The van der Waals surface area contributed by atoms with Crippen LogP contribution < -0.4 is 10.2 Å². The Hall–Kier alpha value is -1.72. The molecule has 0 saturated carbocycles. The van der Waals surface area contributed by atoms with Crippen LogP contribution in [0.2, 0.25) is 5.02 Å². The summed E-state index contributed by atoms with van der Waals surface area (Å²) in [6, 6.07) is 12.5. The fourth-order valence-corrected chi connectivity index (χ4v) is 4.36. The van der Waals surface area contributed by atoms with Crippen molar-refractivity contribution in [1.29, 1.82) is 0 Å². The molecule has 3 rings (SSSR count). The highest BCUT2D eigenvalue weighted by Gasteiger charge is 2.12. The predicted molar refractivity (Wildman–Crippen MR) is 112 cm³/mol.